The van der Waals surface area contributed by atoms with E-state index in [1.54, 1.807) is 43.4 Å². The fourth-order valence-corrected chi connectivity index (χ4v) is 4.02. The first-order valence-electron chi connectivity index (χ1n) is 11.5. The average molecular weight is 478 g/mol. The van der Waals surface area contributed by atoms with Crippen molar-refractivity contribution in [2.24, 2.45) is 0 Å². The molecule has 0 atom stereocenters. The minimum Gasteiger partial charge on any atom is -0.491 e. The minimum atomic E-state index is 0.582. The third kappa shape index (κ3) is 4.14. The molecule has 0 aliphatic heterocycles. The molecular weight excluding hydrogens is 454 g/mol. The van der Waals surface area contributed by atoms with Crippen molar-refractivity contribution in [3.8, 4) is 39.7 Å². The summed E-state index contributed by atoms with van der Waals surface area (Å²) < 4.78 is 5.85. The Kier molecular flexibility index (Phi) is 5.55. The van der Waals surface area contributed by atoms with Crippen molar-refractivity contribution in [3.63, 3.8) is 0 Å². The van der Waals surface area contributed by atoms with Gasteiger partial charge in [-0.3, -0.25) is 25.0 Å². The first-order chi connectivity index (χ1) is 17.7. The number of pyridine rings is 4. The number of H-pyrrole nitrogens is 2. The first kappa shape index (κ1) is 21.8. The molecule has 10 nitrogen and oxygen atoms in total. The number of hydrogen-bond acceptors (Lipinski definition) is 8. The molecule has 6 heterocycles. The second-order valence-corrected chi connectivity index (χ2v) is 8.66. The van der Waals surface area contributed by atoms with Gasteiger partial charge in [-0.1, -0.05) is 6.07 Å². The summed E-state index contributed by atoms with van der Waals surface area (Å²) in [6.07, 6.45) is 12.4. The van der Waals surface area contributed by atoms with Crippen LogP contribution in [0.15, 0.2) is 67.6 Å². The highest BCUT2D eigenvalue weighted by atomic mass is 16.5. The summed E-state index contributed by atoms with van der Waals surface area (Å²) in [5.74, 6) is 1.35. The van der Waals surface area contributed by atoms with Crippen LogP contribution in [0.1, 0.15) is 0 Å². The van der Waals surface area contributed by atoms with Gasteiger partial charge in [-0.05, 0) is 32.3 Å². The number of fused-ring (bicyclic) bond motifs is 2. The lowest BCUT2D eigenvalue weighted by Gasteiger charge is -2.11. The molecule has 10 heteroatoms. The maximum atomic E-state index is 5.85. The van der Waals surface area contributed by atoms with Gasteiger partial charge in [-0.25, -0.2) is 4.98 Å². The zero-order valence-electron chi connectivity index (χ0n) is 19.8. The van der Waals surface area contributed by atoms with Crippen LogP contribution < -0.4 is 4.74 Å². The van der Waals surface area contributed by atoms with Crippen LogP contribution in [0.4, 0.5) is 0 Å². The van der Waals surface area contributed by atoms with E-state index in [1.165, 1.54) is 0 Å². The number of nitrogens with zero attached hydrogens (tertiary/aromatic N) is 7. The minimum absolute atomic E-state index is 0.582. The van der Waals surface area contributed by atoms with Gasteiger partial charge in [0.15, 0.2) is 5.82 Å². The maximum absolute atomic E-state index is 5.85. The molecule has 36 heavy (non-hydrogen) atoms. The Bertz CT molecular complexity index is 1660. The molecule has 0 radical (unpaired) electrons. The van der Waals surface area contributed by atoms with Crippen molar-refractivity contribution >= 4 is 21.9 Å². The molecule has 0 aromatic carbocycles. The van der Waals surface area contributed by atoms with Gasteiger partial charge in [0.25, 0.3) is 0 Å². The van der Waals surface area contributed by atoms with Crippen LogP contribution in [0.25, 0.3) is 55.8 Å². The van der Waals surface area contributed by atoms with E-state index in [2.05, 4.69) is 40.0 Å². The molecule has 6 aromatic heterocycles. The lowest BCUT2D eigenvalue weighted by atomic mass is 10.1. The van der Waals surface area contributed by atoms with E-state index >= 15 is 0 Å². The second-order valence-electron chi connectivity index (χ2n) is 8.66. The van der Waals surface area contributed by atoms with Gasteiger partial charge in [-0.15, -0.1) is 0 Å². The van der Waals surface area contributed by atoms with Crippen molar-refractivity contribution in [3.05, 3.63) is 67.6 Å². The van der Waals surface area contributed by atoms with E-state index in [9.17, 15) is 0 Å². The number of hydrogen-bond donors (Lipinski definition) is 2. The first-order valence-corrected chi connectivity index (χ1v) is 11.5. The summed E-state index contributed by atoms with van der Waals surface area (Å²) in [6.45, 7) is 1.40. The van der Waals surface area contributed by atoms with Crippen molar-refractivity contribution in [1.82, 2.24) is 45.0 Å². The Morgan fingerprint density at radius 1 is 0.917 bits per heavy atom. The van der Waals surface area contributed by atoms with Crippen LogP contribution in [-0.2, 0) is 0 Å². The summed E-state index contributed by atoms with van der Waals surface area (Å²) in [7, 11) is 4.02. The topological polar surface area (TPSA) is 121 Å². The van der Waals surface area contributed by atoms with E-state index in [4.69, 9.17) is 9.72 Å². The molecule has 0 fully saturated rings. The zero-order valence-corrected chi connectivity index (χ0v) is 19.8. The molecule has 6 aromatic rings. The van der Waals surface area contributed by atoms with Crippen LogP contribution in [0.5, 0.6) is 5.75 Å². The SMILES string of the molecule is CN(C)CCOc1cncc(-c2cc3c(-c4nc5c(-c6cccnc6)cncc5[nH]4)n[nH]c3cn2)c1. The average Bonchev–Trinajstić information content (AvgIpc) is 3.53. The van der Waals surface area contributed by atoms with E-state index in [1.807, 2.05) is 38.4 Å². The lowest BCUT2D eigenvalue weighted by molar-refractivity contribution is 0.261. The highest BCUT2D eigenvalue weighted by Gasteiger charge is 2.17. The molecule has 178 valence electrons. The van der Waals surface area contributed by atoms with Gasteiger partial charge < -0.3 is 14.6 Å². The fourth-order valence-electron chi connectivity index (χ4n) is 4.02. The van der Waals surface area contributed by atoms with Crippen LogP contribution in [-0.4, -0.2) is 72.2 Å². The predicted molar refractivity (Wildman–Crippen MR) is 137 cm³/mol. The quantitative estimate of drug-likeness (QED) is 0.354. The van der Waals surface area contributed by atoms with Crippen LogP contribution in [0.2, 0.25) is 0 Å². The molecule has 6 rings (SSSR count). The zero-order chi connectivity index (χ0) is 24.5. The van der Waals surface area contributed by atoms with E-state index in [0.717, 1.165) is 50.9 Å². The molecule has 0 spiro atoms. The third-order valence-electron chi connectivity index (χ3n) is 5.85. The van der Waals surface area contributed by atoms with Crippen LogP contribution in [0.3, 0.4) is 0 Å². The molecule has 0 bridgehead atoms. The summed E-state index contributed by atoms with van der Waals surface area (Å²) in [4.78, 5) is 27.9. The van der Waals surface area contributed by atoms with Crippen molar-refractivity contribution in [2.75, 3.05) is 27.2 Å². The van der Waals surface area contributed by atoms with Crippen LogP contribution >= 0.6 is 0 Å². The maximum Gasteiger partial charge on any atom is 0.159 e. The normalized spacial score (nSPS) is 11.5. The summed E-state index contributed by atoms with van der Waals surface area (Å²) in [5, 5.41) is 8.50. The molecule has 2 N–H and O–H groups in total. The van der Waals surface area contributed by atoms with Crippen molar-refractivity contribution < 1.29 is 4.74 Å². The van der Waals surface area contributed by atoms with Gasteiger partial charge in [-0.2, -0.15) is 5.10 Å². The Morgan fingerprint density at radius 2 is 1.81 bits per heavy atom. The predicted octanol–water partition coefficient (Wildman–Crippen LogP) is 3.96. The Hall–Kier alpha value is -4.70. The number of aromatic amines is 2. The van der Waals surface area contributed by atoms with Gasteiger partial charge in [0.1, 0.15) is 23.6 Å². The standard InChI is InChI=1S/C26H23N9O/c1-35(2)6-7-36-18-8-17(11-28-12-18)21-9-19-22(15-30-21)33-34-25(19)26-31-23-14-29-13-20(24(23)32-26)16-4-3-5-27-10-16/h3-5,8-15H,6-7H2,1-2H3,(H,31,32)(H,33,34). The smallest absolute Gasteiger partial charge is 0.159 e. The van der Waals surface area contributed by atoms with Gasteiger partial charge in [0.05, 0.1) is 35.3 Å². The van der Waals surface area contributed by atoms with Gasteiger partial charge in [0.2, 0.25) is 0 Å². The number of aromatic nitrogens is 8. The molecule has 0 aliphatic carbocycles. The highest BCUT2D eigenvalue weighted by molar-refractivity contribution is 5.97. The summed E-state index contributed by atoms with van der Waals surface area (Å²) in [5.41, 5.74) is 6.63. The summed E-state index contributed by atoms with van der Waals surface area (Å²) in [6, 6.07) is 7.83. The highest BCUT2D eigenvalue weighted by Crippen LogP contribution is 2.32. The Labute approximate surface area is 206 Å². The Balaban J connectivity index is 1.38. The van der Waals surface area contributed by atoms with Crippen molar-refractivity contribution in [2.45, 2.75) is 0 Å². The van der Waals surface area contributed by atoms with E-state index in [-0.39, 0.29) is 0 Å². The fraction of sp³-hybridized carbons (Fsp3) is 0.154. The number of nitrogens with one attached hydrogen (secondary N) is 2. The largest absolute Gasteiger partial charge is 0.491 e. The van der Waals surface area contributed by atoms with Crippen molar-refractivity contribution in [1.29, 1.82) is 0 Å². The van der Waals surface area contributed by atoms with Gasteiger partial charge in [0, 0.05) is 53.4 Å². The van der Waals surface area contributed by atoms with E-state index in [0.29, 0.717) is 23.9 Å². The molecule has 0 aliphatic rings. The number of likely N-dealkylation sites (N-methyl/N-ethyl adjacent to an activating group) is 1. The lowest BCUT2D eigenvalue weighted by Crippen LogP contribution is -2.19. The number of ether oxygens (including phenoxy) is 1. The molecule has 0 unspecified atom stereocenters. The molecule has 0 saturated carbocycles. The van der Waals surface area contributed by atoms with E-state index < -0.39 is 0 Å². The van der Waals surface area contributed by atoms with Crippen LogP contribution in [0, 0.1) is 0 Å². The Morgan fingerprint density at radius 3 is 2.67 bits per heavy atom. The molecular formula is C26H23N9O. The molecule has 0 saturated heterocycles. The second kappa shape index (κ2) is 9.16. The monoisotopic (exact) mass is 477 g/mol. The van der Waals surface area contributed by atoms with Gasteiger partial charge >= 0.3 is 0 Å². The number of imidazole rings is 1. The third-order valence-corrected chi connectivity index (χ3v) is 5.85. The molecule has 0 amide bonds. The number of rotatable bonds is 7. The summed E-state index contributed by atoms with van der Waals surface area (Å²) >= 11 is 0.